The van der Waals surface area contributed by atoms with Crippen LogP contribution in [0, 0.1) is 11.8 Å². The number of carbonyl (C=O) groups excluding carboxylic acids is 1. The number of alkyl carbamates (subject to hydrolysis) is 1. The number of H-pyrrole nitrogens is 1. The summed E-state index contributed by atoms with van der Waals surface area (Å²) < 4.78 is 5.50. The van der Waals surface area contributed by atoms with Crippen LogP contribution in [-0.2, 0) is 4.74 Å². The lowest BCUT2D eigenvalue weighted by Crippen LogP contribution is -2.37. The van der Waals surface area contributed by atoms with Crippen molar-refractivity contribution in [2.45, 2.75) is 37.8 Å². The molecule has 1 saturated heterocycles. The Morgan fingerprint density at radius 1 is 1.39 bits per heavy atom. The normalized spacial score (nSPS) is 31.8. The summed E-state index contributed by atoms with van der Waals surface area (Å²) in [4.78, 5) is 25.4. The fraction of sp³-hybridized carbons (Fsp3) is 0.667. The minimum Gasteiger partial charge on any atom is -0.444 e. The maximum Gasteiger partial charge on any atom is 0.407 e. The van der Waals surface area contributed by atoms with Crippen molar-refractivity contribution in [3.8, 4) is 0 Å². The number of carbonyl (C=O) groups is 1. The number of fused-ring (bicyclic) bond motifs is 1. The fourth-order valence-corrected chi connectivity index (χ4v) is 4.03. The Kier molecular flexibility index (Phi) is 3.67. The van der Waals surface area contributed by atoms with Gasteiger partial charge in [-0.2, -0.15) is 5.10 Å². The average molecular weight is 339 g/mol. The molecule has 2 aliphatic carbocycles. The number of halogens is 1. The van der Waals surface area contributed by atoms with Crippen molar-refractivity contribution in [2.24, 2.45) is 11.8 Å². The number of nitrogens with zero attached hydrogens (tertiary/aromatic N) is 2. The number of hydrogen-bond donors (Lipinski definition) is 2. The van der Waals surface area contributed by atoms with Crippen LogP contribution < -0.4 is 15.8 Å². The predicted octanol–water partition coefficient (Wildman–Crippen LogP) is 1.53. The highest BCUT2D eigenvalue weighted by Gasteiger charge is 2.46. The van der Waals surface area contributed by atoms with Gasteiger partial charge in [-0.3, -0.25) is 4.79 Å². The van der Waals surface area contributed by atoms with Gasteiger partial charge in [0.15, 0.2) is 0 Å². The molecule has 2 N–H and O–H groups in total. The number of rotatable bonds is 3. The van der Waals surface area contributed by atoms with Gasteiger partial charge in [0.1, 0.15) is 11.1 Å². The van der Waals surface area contributed by atoms with E-state index >= 15 is 0 Å². The van der Waals surface area contributed by atoms with Crippen molar-refractivity contribution in [1.29, 1.82) is 0 Å². The molecule has 0 spiro atoms. The van der Waals surface area contributed by atoms with Crippen LogP contribution in [0.2, 0.25) is 5.02 Å². The zero-order valence-electron chi connectivity index (χ0n) is 12.6. The van der Waals surface area contributed by atoms with E-state index in [-0.39, 0.29) is 23.3 Å². The van der Waals surface area contributed by atoms with Gasteiger partial charge in [-0.1, -0.05) is 11.6 Å². The second-order valence-electron chi connectivity index (χ2n) is 6.73. The Balaban J connectivity index is 1.30. The van der Waals surface area contributed by atoms with Crippen molar-refractivity contribution < 1.29 is 9.53 Å². The molecule has 2 unspecified atom stereocenters. The van der Waals surface area contributed by atoms with Crippen LogP contribution in [-0.4, -0.2) is 41.5 Å². The molecule has 1 aromatic heterocycles. The highest BCUT2D eigenvalue weighted by atomic mass is 35.5. The third-order valence-electron chi connectivity index (χ3n) is 5.10. The second kappa shape index (κ2) is 5.70. The molecule has 0 aromatic carbocycles. The summed E-state index contributed by atoms with van der Waals surface area (Å²) in [6, 6.07) is 0.273. The number of amides is 1. The van der Waals surface area contributed by atoms with Crippen LogP contribution in [0.25, 0.3) is 0 Å². The van der Waals surface area contributed by atoms with Crippen LogP contribution in [0.4, 0.5) is 10.5 Å². The van der Waals surface area contributed by atoms with Gasteiger partial charge in [0.25, 0.3) is 5.56 Å². The molecule has 124 valence electrons. The summed E-state index contributed by atoms with van der Waals surface area (Å²) in [6.45, 7) is 1.20. The van der Waals surface area contributed by atoms with E-state index in [9.17, 15) is 9.59 Å². The molecule has 4 rings (SSSR count). The quantitative estimate of drug-likeness (QED) is 0.872. The van der Waals surface area contributed by atoms with E-state index in [0.29, 0.717) is 25.2 Å². The first-order valence-corrected chi connectivity index (χ1v) is 8.43. The Labute approximate surface area is 138 Å². The van der Waals surface area contributed by atoms with Crippen LogP contribution in [0.1, 0.15) is 25.7 Å². The van der Waals surface area contributed by atoms with Gasteiger partial charge >= 0.3 is 6.09 Å². The molecule has 23 heavy (non-hydrogen) atoms. The first-order chi connectivity index (χ1) is 11.1. The fourth-order valence-electron chi connectivity index (χ4n) is 3.82. The number of hydrogen-bond acceptors (Lipinski definition) is 5. The van der Waals surface area contributed by atoms with Crippen LogP contribution in [0.15, 0.2) is 11.0 Å². The highest BCUT2D eigenvalue weighted by molar-refractivity contribution is 6.33. The van der Waals surface area contributed by atoms with Crippen molar-refractivity contribution in [1.82, 2.24) is 15.5 Å². The minimum absolute atomic E-state index is 0.121. The van der Waals surface area contributed by atoms with Gasteiger partial charge in [0.05, 0.1) is 18.4 Å². The summed E-state index contributed by atoms with van der Waals surface area (Å²) in [7, 11) is 0. The number of aromatic nitrogens is 2. The predicted molar refractivity (Wildman–Crippen MR) is 84.7 cm³/mol. The first kappa shape index (κ1) is 14.8. The van der Waals surface area contributed by atoms with Crippen molar-refractivity contribution in [2.75, 3.05) is 18.0 Å². The molecule has 8 heteroatoms. The molecular formula is C15H19ClN4O3. The smallest absolute Gasteiger partial charge is 0.407 e. The maximum atomic E-state index is 12.0. The third kappa shape index (κ3) is 3.02. The van der Waals surface area contributed by atoms with Gasteiger partial charge < -0.3 is 15.0 Å². The Morgan fingerprint density at radius 3 is 2.96 bits per heavy atom. The second-order valence-corrected chi connectivity index (χ2v) is 7.11. The van der Waals surface area contributed by atoms with Crippen LogP contribution in [0.5, 0.6) is 0 Å². The first-order valence-electron chi connectivity index (χ1n) is 8.05. The Bertz CT molecular complexity index is 669. The highest BCUT2D eigenvalue weighted by Crippen LogP contribution is 2.51. The lowest BCUT2D eigenvalue weighted by Gasteiger charge is -2.20. The van der Waals surface area contributed by atoms with Gasteiger partial charge in [0.2, 0.25) is 0 Å². The Morgan fingerprint density at radius 2 is 2.17 bits per heavy atom. The molecule has 2 saturated carbocycles. The number of aromatic amines is 1. The molecule has 3 atom stereocenters. The van der Waals surface area contributed by atoms with Crippen LogP contribution in [0.3, 0.4) is 0 Å². The molecule has 2 heterocycles. The van der Waals surface area contributed by atoms with Gasteiger partial charge in [-0.15, -0.1) is 0 Å². The number of nitrogens with one attached hydrogen (secondary N) is 2. The molecule has 3 aliphatic rings. The summed E-state index contributed by atoms with van der Waals surface area (Å²) in [6.07, 6.45) is 5.22. The third-order valence-corrected chi connectivity index (χ3v) is 5.47. The number of ether oxygens (including phenoxy) is 1. The lowest BCUT2D eigenvalue weighted by atomic mass is 10.2. The van der Waals surface area contributed by atoms with Crippen molar-refractivity contribution >= 4 is 23.4 Å². The van der Waals surface area contributed by atoms with E-state index < -0.39 is 5.56 Å². The topological polar surface area (TPSA) is 87.3 Å². The van der Waals surface area contributed by atoms with Gasteiger partial charge in [-0.25, -0.2) is 9.89 Å². The lowest BCUT2D eigenvalue weighted by molar-refractivity contribution is 0.104. The monoisotopic (exact) mass is 338 g/mol. The summed E-state index contributed by atoms with van der Waals surface area (Å²) in [5.41, 5.74) is 0.170. The molecule has 7 nitrogen and oxygen atoms in total. The Hall–Kier alpha value is -1.76. The average Bonchev–Trinajstić information content (AvgIpc) is 2.93. The van der Waals surface area contributed by atoms with Crippen LogP contribution >= 0.6 is 11.6 Å². The van der Waals surface area contributed by atoms with Crippen molar-refractivity contribution in [3.05, 3.63) is 21.6 Å². The maximum absolute atomic E-state index is 12.0. The zero-order chi connectivity index (χ0) is 16.0. The molecule has 1 aromatic rings. The van der Waals surface area contributed by atoms with Gasteiger partial charge in [-0.05, 0) is 31.1 Å². The van der Waals surface area contributed by atoms with E-state index in [4.69, 9.17) is 16.3 Å². The van der Waals surface area contributed by atoms with E-state index in [1.165, 1.54) is 12.6 Å². The summed E-state index contributed by atoms with van der Waals surface area (Å²) >= 11 is 6.01. The number of anilines is 1. The molecular weight excluding hydrogens is 320 g/mol. The van der Waals surface area contributed by atoms with E-state index in [1.54, 1.807) is 0 Å². The van der Waals surface area contributed by atoms with Crippen molar-refractivity contribution in [3.63, 3.8) is 0 Å². The van der Waals surface area contributed by atoms with Gasteiger partial charge in [0, 0.05) is 19.0 Å². The SMILES string of the molecule is O=C(NC1CC2CC2C1)O[C@@H]1CCN(c2cn[nH]c(=O)c2Cl)C1. The molecule has 0 bridgehead atoms. The van der Waals surface area contributed by atoms with E-state index in [0.717, 1.165) is 24.7 Å². The largest absolute Gasteiger partial charge is 0.444 e. The molecule has 1 amide bonds. The standard InChI is InChI=1S/C15H19ClN4O3/c16-13-12(6-17-19-14(13)21)20-2-1-11(7-20)23-15(22)18-10-4-8-3-9(8)5-10/h6,8-11H,1-5,7H2,(H,18,22)(H,19,21)/t8?,9?,10?,11-/m1/s1. The molecule has 1 aliphatic heterocycles. The van der Waals surface area contributed by atoms with E-state index in [1.807, 2.05) is 4.90 Å². The minimum atomic E-state index is -0.411. The molecule has 3 fully saturated rings. The van der Waals surface area contributed by atoms with E-state index in [2.05, 4.69) is 15.5 Å². The zero-order valence-corrected chi connectivity index (χ0v) is 13.4. The molecule has 0 radical (unpaired) electrons. The summed E-state index contributed by atoms with van der Waals surface area (Å²) in [5, 5.41) is 9.16. The summed E-state index contributed by atoms with van der Waals surface area (Å²) in [5.74, 6) is 1.65.